The zero-order valence-corrected chi connectivity index (χ0v) is 14.0. The number of hydrogen-bond acceptors (Lipinski definition) is 3. The van der Waals surface area contributed by atoms with Gasteiger partial charge in [0.25, 0.3) is 5.56 Å². The molecule has 0 fully saturated rings. The summed E-state index contributed by atoms with van der Waals surface area (Å²) >= 11 is 5.87. The van der Waals surface area contributed by atoms with E-state index >= 15 is 0 Å². The Morgan fingerprint density at radius 2 is 1.88 bits per heavy atom. The van der Waals surface area contributed by atoms with Crippen LogP contribution in [0.1, 0.15) is 5.82 Å². The van der Waals surface area contributed by atoms with Crippen LogP contribution < -0.4 is 10.9 Å². The molecule has 1 aromatic heterocycles. The highest BCUT2D eigenvalue weighted by Gasteiger charge is 2.39. The zero-order chi connectivity index (χ0) is 19.1. The summed E-state index contributed by atoms with van der Waals surface area (Å²) < 4.78 is 38.7. The molecule has 9 heteroatoms. The minimum atomic E-state index is -5.06. The fourth-order valence-electron chi connectivity index (χ4n) is 2.49. The molecule has 0 atom stereocenters. The van der Waals surface area contributed by atoms with Gasteiger partial charge in [-0.2, -0.15) is 13.2 Å². The number of hydrogen-bond donors (Lipinski definition) is 1. The van der Waals surface area contributed by atoms with Crippen molar-refractivity contribution in [2.24, 2.45) is 0 Å². The normalized spacial score (nSPS) is 11.6. The Morgan fingerprint density at radius 1 is 1.19 bits per heavy atom. The quantitative estimate of drug-likeness (QED) is 0.733. The monoisotopic (exact) mass is 381 g/mol. The number of benzene rings is 2. The van der Waals surface area contributed by atoms with E-state index in [2.05, 4.69) is 4.98 Å². The van der Waals surface area contributed by atoms with Crippen LogP contribution in [0.3, 0.4) is 0 Å². The van der Waals surface area contributed by atoms with E-state index in [0.29, 0.717) is 16.7 Å². The van der Waals surface area contributed by atoms with Crippen molar-refractivity contribution in [2.45, 2.75) is 13.1 Å². The summed E-state index contributed by atoms with van der Waals surface area (Å²) in [6.45, 7) is 1.59. The SMILES string of the molecule is Cc1nc2ccccc2c(=O)n1-c1ccc(Cl)c(NC(=O)C(F)(F)F)c1. The van der Waals surface area contributed by atoms with E-state index in [0.717, 1.165) is 0 Å². The second kappa shape index (κ2) is 6.45. The molecule has 0 aliphatic heterocycles. The molecule has 134 valence electrons. The van der Waals surface area contributed by atoms with E-state index in [1.807, 2.05) is 0 Å². The maximum Gasteiger partial charge on any atom is 0.471 e. The first-order valence-electron chi connectivity index (χ1n) is 7.35. The maximum atomic E-state index is 12.8. The van der Waals surface area contributed by atoms with Gasteiger partial charge in [0, 0.05) is 0 Å². The molecule has 0 unspecified atom stereocenters. The highest BCUT2D eigenvalue weighted by molar-refractivity contribution is 6.33. The number of aryl methyl sites for hydroxylation is 1. The summed E-state index contributed by atoms with van der Waals surface area (Å²) in [4.78, 5) is 28.2. The predicted molar refractivity (Wildman–Crippen MR) is 91.8 cm³/mol. The van der Waals surface area contributed by atoms with Gasteiger partial charge in [-0.3, -0.25) is 14.2 Å². The number of halogens is 4. The van der Waals surface area contributed by atoms with Crippen LogP contribution in [0.2, 0.25) is 5.02 Å². The molecule has 5 nitrogen and oxygen atoms in total. The second-order valence-electron chi connectivity index (χ2n) is 5.43. The van der Waals surface area contributed by atoms with Gasteiger partial charge in [-0.05, 0) is 37.3 Å². The van der Waals surface area contributed by atoms with Crippen LogP contribution in [0, 0.1) is 6.92 Å². The molecule has 0 saturated carbocycles. The molecule has 3 rings (SSSR count). The fourth-order valence-corrected chi connectivity index (χ4v) is 2.65. The molecule has 26 heavy (non-hydrogen) atoms. The number of carbonyl (C=O) groups is 1. The minimum absolute atomic E-state index is 0.0919. The van der Waals surface area contributed by atoms with Crippen molar-refractivity contribution in [3.63, 3.8) is 0 Å². The summed E-state index contributed by atoms with van der Waals surface area (Å²) in [6.07, 6.45) is -5.06. The van der Waals surface area contributed by atoms with Crippen molar-refractivity contribution in [3.05, 3.63) is 63.7 Å². The molecule has 1 heterocycles. The van der Waals surface area contributed by atoms with E-state index in [4.69, 9.17) is 11.6 Å². The molecular weight excluding hydrogens is 371 g/mol. The maximum absolute atomic E-state index is 12.8. The number of nitrogens with zero attached hydrogens (tertiary/aromatic N) is 2. The first kappa shape index (κ1) is 17.9. The van der Waals surface area contributed by atoms with Gasteiger partial charge in [0.2, 0.25) is 0 Å². The third kappa shape index (κ3) is 3.28. The zero-order valence-electron chi connectivity index (χ0n) is 13.3. The highest BCUT2D eigenvalue weighted by atomic mass is 35.5. The topological polar surface area (TPSA) is 64.0 Å². The Kier molecular flexibility index (Phi) is 4.45. The molecule has 0 radical (unpaired) electrons. The van der Waals surface area contributed by atoms with Crippen LogP contribution in [-0.2, 0) is 4.79 Å². The Hall–Kier alpha value is -2.87. The number of rotatable bonds is 2. The number of para-hydroxylation sites is 1. The molecule has 1 N–H and O–H groups in total. The summed E-state index contributed by atoms with van der Waals surface area (Å²) in [6, 6.07) is 10.7. The van der Waals surface area contributed by atoms with Crippen molar-refractivity contribution in [1.82, 2.24) is 9.55 Å². The summed E-state index contributed by atoms with van der Waals surface area (Å²) in [5.74, 6) is -1.82. The molecule has 2 aromatic carbocycles. The average Bonchev–Trinajstić information content (AvgIpc) is 2.56. The first-order valence-corrected chi connectivity index (χ1v) is 7.73. The highest BCUT2D eigenvalue weighted by Crippen LogP contribution is 2.27. The molecule has 0 bridgehead atoms. The Labute approximate surface area is 150 Å². The smallest absolute Gasteiger partial charge is 0.317 e. The minimum Gasteiger partial charge on any atom is -0.317 e. The number of alkyl halides is 3. The van der Waals surface area contributed by atoms with Crippen molar-refractivity contribution in [1.29, 1.82) is 0 Å². The first-order chi connectivity index (χ1) is 12.2. The lowest BCUT2D eigenvalue weighted by atomic mass is 10.2. The number of aromatic nitrogens is 2. The van der Waals surface area contributed by atoms with E-state index in [-0.39, 0.29) is 22.0 Å². The van der Waals surface area contributed by atoms with Crippen LogP contribution in [0.25, 0.3) is 16.6 Å². The van der Waals surface area contributed by atoms with Crippen LogP contribution in [-0.4, -0.2) is 21.6 Å². The number of carbonyl (C=O) groups excluding carboxylic acids is 1. The Morgan fingerprint density at radius 3 is 2.58 bits per heavy atom. The van der Waals surface area contributed by atoms with Gasteiger partial charge in [-0.1, -0.05) is 23.7 Å². The third-order valence-electron chi connectivity index (χ3n) is 3.66. The van der Waals surface area contributed by atoms with Gasteiger partial charge >= 0.3 is 12.1 Å². The average molecular weight is 382 g/mol. The van der Waals surface area contributed by atoms with E-state index in [1.165, 1.54) is 22.8 Å². The van der Waals surface area contributed by atoms with Crippen molar-refractivity contribution < 1.29 is 18.0 Å². The molecule has 0 aliphatic carbocycles. The number of fused-ring (bicyclic) bond motifs is 1. The largest absolute Gasteiger partial charge is 0.471 e. The summed E-state index contributed by atoms with van der Waals surface area (Å²) in [5.41, 5.74) is 0.0907. The molecular formula is C17H11ClF3N3O2. The third-order valence-corrected chi connectivity index (χ3v) is 3.99. The van der Waals surface area contributed by atoms with Gasteiger partial charge < -0.3 is 5.32 Å². The summed E-state index contributed by atoms with van der Waals surface area (Å²) in [5, 5.41) is 1.97. The lowest BCUT2D eigenvalue weighted by molar-refractivity contribution is -0.167. The predicted octanol–water partition coefficient (Wildman–Crippen LogP) is 3.85. The van der Waals surface area contributed by atoms with E-state index in [1.54, 1.807) is 36.5 Å². The standard InChI is InChI=1S/C17H11ClF3N3O2/c1-9-22-13-5-3-2-4-11(13)15(25)24(9)10-6-7-12(18)14(8-10)23-16(26)17(19,20)21/h2-8H,1H3,(H,23,26). The Bertz CT molecular complexity index is 1080. The Balaban J connectivity index is 2.14. The lowest BCUT2D eigenvalue weighted by Crippen LogP contribution is -2.30. The molecule has 3 aromatic rings. The number of anilines is 1. The van der Waals surface area contributed by atoms with Gasteiger partial charge in [-0.25, -0.2) is 4.98 Å². The van der Waals surface area contributed by atoms with E-state index < -0.39 is 12.1 Å². The summed E-state index contributed by atoms with van der Waals surface area (Å²) in [7, 11) is 0. The van der Waals surface area contributed by atoms with Gasteiger partial charge in [-0.15, -0.1) is 0 Å². The van der Waals surface area contributed by atoms with E-state index in [9.17, 15) is 22.8 Å². The van der Waals surface area contributed by atoms with Gasteiger partial charge in [0.15, 0.2) is 0 Å². The van der Waals surface area contributed by atoms with Crippen molar-refractivity contribution >= 4 is 34.1 Å². The fraction of sp³-hybridized carbons (Fsp3) is 0.118. The van der Waals surface area contributed by atoms with Crippen molar-refractivity contribution in [3.8, 4) is 5.69 Å². The van der Waals surface area contributed by atoms with Gasteiger partial charge in [0.05, 0.1) is 27.3 Å². The molecule has 0 spiro atoms. The molecule has 0 saturated heterocycles. The number of nitrogens with one attached hydrogen (secondary N) is 1. The number of amides is 1. The van der Waals surface area contributed by atoms with Crippen LogP contribution in [0.15, 0.2) is 47.3 Å². The van der Waals surface area contributed by atoms with Gasteiger partial charge in [0.1, 0.15) is 5.82 Å². The lowest BCUT2D eigenvalue weighted by Gasteiger charge is -2.14. The van der Waals surface area contributed by atoms with Crippen LogP contribution in [0.4, 0.5) is 18.9 Å². The molecule has 1 amide bonds. The van der Waals surface area contributed by atoms with Crippen molar-refractivity contribution in [2.75, 3.05) is 5.32 Å². The molecule has 0 aliphatic rings. The second-order valence-corrected chi connectivity index (χ2v) is 5.84. The van der Waals surface area contributed by atoms with Crippen LogP contribution in [0.5, 0.6) is 0 Å². The van der Waals surface area contributed by atoms with Crippen LogP contribution >= 0.6 is 11.6 Å².